The topological polar surface area (TPSA) is 80.9 Å². The fourth-order valence-electron chi connectivity index (χ4n) is 4.42. The molecule has 35 heavy (non-hydrogen) atoms. The molecule has 1 N–H and O–H groups in total. The van der Waals surface area contributed by atoms with E-state index in [1.807, 2.05) is 18.2 Å². The van der Waals surface area contributed by atoms with E-state index in [1.54, 1.807) is 12.1 Å². The van der Waals surface area contributed by atoms with Gasteiger partial charge in [0.15, 0.2) is 0 Å². The van der Waals surface area contributed by atoms with Gasteiger partial charge in [-0.1, -0.05) is 47.7 Å². The molecule has 1 aliphatic rings. The molecule has 6 rings (SSSR count). The van der Waals surface area contributed by atoms with E-state index in [0.717, 1.165) is 28.9 Å². The Labute approximate surface area is 210 Å². The molecular weight excluding hydrogens is 487 g/mol. The lowest BCUT2D eigenvalue weighted by molar-refractivity contribution is 0.0684. The van der Waals surface area contributed by atoms with Crippen LogP contribution in [-0.2, 0) is 12.0 Å². The van der Waals surface area contributed by atoms with Crippen LogP contribution in [0.4, 0.5) is 4.39 Å². The standard InChI is InChI=1S/C26H19FN4O2S.ClH/c27-19-14-16(15-31-21(25(32)33)10-13-28-31)6-7-18(19)23-29-20-8-9-22(30-24(20)34-23)26(11-12-26)17-4-2-1-3-5-17;/h1-10,13-14H,11-12,15H2,(H,32,33);1H. The minimum Gasteiger partial charge on any atom is -0.477 e. The van der Waals surface area contributed by atoms with Gasteiger partial charge in [0.1, 0.15) is 26.9 Å². The second kappa shape index (κ2) is 8.87. The van der Waals surface area contributed by atoms with E-state index in [-0.39, 0.29) is 30.1 Å². The van der Waals surface area contributed by atoms with Crippen molar-refractivity contribution in [3.8, 4) is 10.6 Å². The first-order chi connectivity index (χ1) is 16.5. The predicted molar refractivity (Wildman–Crippen MR) is 135 cm³/mol. The number of hydrogen-bond acceptors (Lipinski definition) is 5. The summed E-state index contributed by atoms with van der Waals surface area (Å²) in [5.41, 5.74) is 4.10. The largest absolute Gasteiger partial charge is 0.477 e. The molecule has 1 aliphatic carbocycles. The number of rotatable bonds is 6. The fourth-order valence-corrected chi connectivity index (χ4v) is 5.38. The van der Waals surface area contributed by atoms with Gasteiger partial charge in [-0.15, -0.1) is 12.4 Å². The van der Waals surface area contributed by atoms with E-state index in [1.165, 1.54) is 39.9 Å². The second-order valence-electron chi connectivity index (χ2n) is 8.48. The number of carbonyl (C=O) groups is 1. The van der Waals surface area contributed by atoms with Gasteiger partial charge in [0.25, 0.3) is 0 Å². The number of halogens is 2. The number of pyridine rings is 1. The van der Waals surface area contributed by atoms with Crippen LogP contribution in [0.2, 0.25) is 0 Å². The van der Waals surface area contributed by atoms with Crippen LogP contribution in [0.25, 0.3) is 20.9 Å². The first-order valence-electron chi connectivity index (χ1n) is 10.9. The van der Waals surface area contributed by atoms with Gasteiger partial charge in [0, 0.05) is 17.2 Å². The van der Waals surface area contributed by atoms with Gasteiger partial charge in [-0.05, 0) is 54.3 Å². The molecular formula is C26H20ClFN4O2S. The first kappa shape index (κ1) is 23.1. The maximum Gasteiger partial charge on any atom is 0.354 e. The predicted octanol–water partition coefficient (Wildman–Crippen LogP) is 5.94. The Balaban J connectivity index is 0.00000253. The highest BCUT2D eigenvalue weighted by molar-refractivity contribution is 7.21. The minimum atomic E-state index is -1.07. The summed E-state index contributed by atoms with van der Waals surface area (Å²) in [6.45, 7) is 0.165. The Morgan fingerprint density at radius 1 is 1.06 bits per heavy atom. The molecule has 0 spiro atoms. The monoisotopic (exact) mass is 506 g/mol. The van der Waals surface area contributed by atoms with Crippen molar-refractivity contribution in [1.82, 2.24) is 19.7 Å². The van der Waals surface area contributed by atoms with Crippen molar-refractivity contribution in [1.29, 1.82) is 0 Å². The summed E-state index contributed by atoms with van der Waals surface area (Å²) in [5.74, 6) is -1.49. The summed E-state index contributed by atoms with van der Waals surface area (Å²) < 4.78 is 16.4. The first-order valence-corrected chi connectivity index (χ1v) is 11.7. The number of hydrogen-bond donors (Lipinski definition) is 1. The van der Waals surface area contributed by atoms with E-state index in [4.69, 9.17) is 4.98 Å². The third-order valence-electron chi connectivity index (χ3n) is 6.35. The van der Waals surface area contributed by atoms with Gasteiger partial charge < -0.3 is 5.11 Å². The van der Waals surface area contributed by atoms with Crippen LogP contribution in [0.1, 0.15) is 40.2 Å². The van der Waals surface area contributed by atoms with E-state index in [9.17, 15) is 9.90 Å². The van der Waals surface area contributed by atoms with Crippen LogP contribution in [-0.4, -0.2) is 30.8 Å². The molecule has 0 atom stereocenters. The maximum atomic E-state index is 15.1. The fraction of sp³-hybridized carbons (Fsp3) is 0.154. The smallest absolute Gasteiger partial charge is 0.354 e. The number of aromatic nitrogens is 4. The van der Waals surface area contributed by atoms with Crippen molar-refractivity contribution in [3.05, 3.63) is 101 Å². The molecule has 176 valence electrons. The van der Waals surface area contributed by atoms with Crippen molar-refractivity contribution < 1.29 is 14.3 Å². The van der Waals surface area contributed by atoms with Gasteiger partial charge >= 0.3 is 5.97 Å². The lowest BCUT2D eigenvalue weighted by Gasteiger charge is -2.14. The van der Waals surface area contributed by atoms with Crippen LogP contribution in [0.3, 0.4) is 0 Å². The summed E-state index contributed by atoms with van der Waals surface area (Å²) in [4.78, 5) is 21.6. The summed E-state index contributed by atoms with van der Waals surface area (Å²) in [6.07, 6.45) is 3.55. The highest BCUT2D eigenvalue weighted by Crippen LogP contribution is 2.53. The second-order valence-corrected chi connectivity index (χ2v) is 9.46. The van der Waals surface area contributed by atoms with Crippen molar-refractivity contribution >= 4 is 40.1 Å². The van der Waals surface area contributed by atoms with Gasteiger partial charge in [-0.3, -0.25) is 4.68 Å². The third kappa shape index (κ3) is 4.09. The molecule has 3 aromatic heterocycles. The Hall–Kier alpha value is -3.62. The van der Waals surface area contributed by atoms with Gasteiger partial charge in [-0.2, -0.15) is 5.10 Å². The van der Waals surface area contributed by atoms with Crippen molar-refractivity contribution in [2.75, 3.05) is 0 Å². The molecule has 0 aliphatic heterocycles. The maximum absolute atomic E-state index is 15.1. The molecule has 2 aromatic carbocycles. The zero-order valence-corrected chi connectivity index (χ0v) is 20.0. The van der Waals surface area contributed by atoms with Crippen LogP contribution >= 0.6 is 23.7 Å². The number of benzene rings is 2. The summed E-state index contributed by atoms with van der Waals surface area (Å²) >= 11 is 1.38. The Bertz CT molecular complexity index is 1550. The number of carboxylic acid groups (broad SMARTS) is 1. The van der Waals surface area contributed by atoms with E-state index < -0.39 is 11.8 Å². The molecule has 0 saturated heterocycles. The molecule has 5 aromatic rings. The normalized spacial score (nSPS) is 14.0. The molecule has 1 fully saturated rings. The summed E-state index contributed by atoms with van der Waals surface area (Å²) in [6, 6.07) is 20.7. The Morgan fingerprint density at radius 2 is 1.86 bits per heavy atom. The minimum absolute atomic E-state index is 0. The quantitative estimate of drug-likeness (QED) is 0.308. The van der Waals surface area contributed by atoms with Crippen LogP contribution < -0.4 is 0 Å². The highest BCUT2D eigenvalue weighted by Gasteiger charge is 2.47. The number of fused-ring (bicyclic) bond motifs is 1. The molecule has 9 heteroatoms. The summed E-state index contributed by atoms with van der Waals surface area (Å²) in [5, 5.41) is 13.8. The Morgan fingerprint density at radius 3 is 2.57 bits per heavy atom. The van der Waals surface area contributed by atoms with Crippen LogP contribution in [0.5, 0.6) is 0 Å². The van der Waals surface area contributed by atoms with E-state index in [2.05, 4.69) is 34.3 Å². The number of aromatic carboxylic acids is 1. The lowest BCUT2D eigenvalue weighted by atomic mass is 9.92. The number of nitrogens with zero attached hydrogens (tertiary/aromatic N) is 4. The highest BCUT2D eigenvalue weighted by atomic mass is 35.5. The molecule has 0 bridgehead atoms. The SMILES string of the molecule is Cl.O=C(O)c1ccnn1Cc1ccc(-c2nc3ccc(C4(c5ccccc5)CC4)nc3s2)c(F)c1. The van der Waals surface area contributed by atoms with E-state index in [0.29, 0.717) is 16.1 Å². The molecule has 0 unspecified atom stereocenters. The van der Waals surface area contributed by atoms with Gasteiger partial charge in [-0.25, -0.2) is 19.2 Å². The molecule has 0 radical (unpaired) electrons. The average Bonchev–Trinajstić information content (AvgIpc) is 3.33. The number of carboxylic acids is 1. The molecule has 1 saturated carbocycles. The third-order valence-corrected chi connectivity index (χ3v) is 7.35. The lowest BCUT2D eigenvalue weighted by Crippen LogP contribution is -2.11. The number of thiazole rings is 1. The Kier molecular flexibility index (Phi) is 5.86. The van der Waals surface area contributed by atoms with E-state index >= 15 is 4.39 Å². The van der Waals surface area contributed by atoms with Gasteiger partial charge in [0.05, 0.1) is 12.2 Å². The molecule has 0 amide bonds. The van der Waals surface area contributed by atoms with Crippen molar-refractivity contribution in [2.45, 2.75) is 24.8 Å². The van der Waals surface area contributed by atoms with Gasteiger partial charge in [0.2, 0.25) is 0 Å². The van der Waals surface area contributed by atoms with Crippen LogP contribution in [0.15, 0.2) is 72.9 Å². The van der Waals surface area contributed by atoms with Crippen molar-refractivity contribution in [3.63, 3.8) is 0 Å². The van der Waals surface area contributed by atoms with Crippen molar-refractivity contribution in [2.24, 2.45) is 0 Å². The zero-order chi connectivity index (χ0) is 23.3. The molecule has 6 nitrogen and oxygen atoms in total. The molecule has 3 heterocycles. The average molecular weight is 507 g/mol. The zero-order valence-electron chi connectivity index (χ0n) is 18.4. The van der Waals surface area contributed by atoms with Crippen LogP contribution in [0, 0.1) is 5.82 Å². The summed E-state index contributed by atoms with van der Waals surface area (Å²) in [7, 11) is 0.